The van der Waals surface area contributed by atoms with Gasteiger partial charge in [-0.2, -0.15) is 0 Å². The monoisotopic (exact) mass is 602 g/mol. The standard InChI is InChI=1S/C17H26N2O5.C13H16N2O4/c1-6-23-15(24-7-2)11-18-16(20)13-9-8-12(17(3,4)5)10-14(13)19(21)22;1-13(2,3)9-4-5-10(11(8-9)15(18)19)12(17)14-6-7-16/h8-10,15H,6-7,11H2,1-5H3,(H,18,20);4-5,7-8H,6H2,1-3H3,(H,14,17). The van der Waals surface area contributed by atoms with Gasteiger partial charge in [0.05, 0.1) is 22.9 Å². The molecule has 0 aliphatic rings. The van der Waals surface area contributed by atoms with Gasteiger partial charge < -0.3 is 24.9 Å². The number of hydrogen-bond donors (Lipinski definition) is 2. The molecular weight excluding hydrogens is 560 g/mol. The van der Waals surface area contributed by atoms with Gasteiger partial charge in [-0.3, -0.25) is 29.8 Å². The minimum atomic E-state index is -0.626. The molecule has 2 N–H and O–H groups in total. The molecule has 0 heterocycles. The Morgan fingerprint density at radius 3 is 1.51 bits per heavy atom. The van der Waals surface area contributed by atoms with Crippen LogP contribution in [-0.4, -0.2) is 60.5 Å². The van der Waals surface area contributed by atoms with Crippen molar-refractivity contribution < 1.29 is 33.7 Å². The van der Waals surface area contributed by atoms with Crippen LogP contribution >= 0.6 is 0 Å². The first-order chi connectivity index (χ1) is 20.0. The molecule has 43 heavy (non-hydrogen) atoms. The summed E-state index contributed by atoms with van der Waals surface area (Å²) < 4.78 is 10.7. The van der Waals surface area contributed by atoms with Gasteiger partial charge in [0.2, 0.25) is 0 Å². The van der Waals surface area contributed by atoms with Crippen molar-refractivity contribution in [3.05, 3.63) is 78.9 Å². The van der Waals surface area contributed by atoms with Crippen LogP contribution in [0, 0.1) is 20.2 Å². The number of aldehydes is 1. The quantitative estimate of drug-likeness (QED) is 0.149. The van der Waals surface area contributed by atoms with E-state index in [-0.39, 0.29) is 46.4 Å². The summed E-state index contributed by atoms with van der Waals surface area (Å²) >= 11 is 0. The number of nitrogens with zero attached hydrogens (tertiary/aromatic N) is 2. The predicted octanol–water partition coefficient (Wildman–Crippen LogP) is 4.84. The fraction of sp³-hybridized carbons (Fsp3) is 0.500. The summed E-state index contributed by atoms with van der Waals surface area (Å²) in [7, 11) is 0. The van der Waals surface area contributed by atoms with Crippen molar-refractivity contribution in [1.29, 1.82) is 0 Å². The van der Waals surface area contributed by atoms with Crippen molar-refractivity contribution in [3.8, 4) is 0 Å². The fourth-order valence-electron chi connectivity index (χ4n) is 3.72. The molecule has 13 nitrogen and oxygen atoms in total. The normalized spacial score (nSPS) is 11.3. The molecule has 13 heteroatoms. The summed E-state index contributed by atoms with van der Waals surface area (Å²) in [5, 5.41) is 27.3. The third kappa shape index (κ3) is 11.5. The number of hydrogen-bond acceptors (Lipinski definition) is 9. The third-order valence-electron chi connectivity index (χ3n) is 6.09. The second-order valence-electron chi connectivity index (χ2n) is 11.4. The summed E-state index contributed by atoms with van der Waals surface area (Å²) in [5.74, 6) is -1.15. The van der Waals surface area contributed by atoms with E-state index in [2.05, 4.69) is 10.6 Å². The molecule has 0 fully saturated rings. The molecule has 236 valence electrons. The summed E-state index contributed by atoms with van der Waals surface area (Å²) in [4.78, 5) is 55.5. The van der Waals surface area contributed by atoms with Crippen LogP contribution in [0.25, 0.3) is 0 Å². The van der Waals surface area contributed by atoms with Gasteiger partial charge in [-0.05, 0) is 47.9 Å². The molecule has 2 aromatic carbocycles. The third-order valence-corrected chi connectivity index (χ3v) is 6.09. The molecule has 0 saturated carbocycles. The van der Waals surface area contributed by atoms with Crippen molar-refractivity contribution in [3.63, 3.8) is 0 Å². The maximum Gasteiger partial charge on any atom is 0.282 e. The second-order valence-corrected chi connectivity index (χ2v) is 11.4. The minimum absolute atomic E-state index is 0.0275. The molecule has 0 aliphatic carbocycles. The van der Waals surface area contributed by atoms with Crippen LogP contribution in [0.2, 0.25) is 0 Å². The van der Waals surface area contributed by atoms with E-state index >= 15 is 0 Å². The topological polar surface area (TPSA) is 180 Å². The Balaban J connectivity index is 0.000000442. The summed E-state index contributed by atoms with van der Waals surface area (Å²) in [6.45, 7) is 16.2. The van der Waals surface area contributed by atoms with Gasteiger partial charge in [0.25, 0.3) is 23.2 Å². The molecule has 0 atom stereocenters. The maximum absolute atomic E-state index is 12.3. The van der Waals surface area contributed by atoms with E-state index < -0.39 is 28.0 Å². The second kappa shape index (κ2) is 16.4. The fourth-order valence-corrected chi connectivity index (χ4v) is 3.72. The van der Waals surface area contributed by atoms with Gasteiger partial charge >= 0.3 is 0 Å². The van der Waals surface area contributed by atoms with Crippen LogP contribution < -0.4 is 10.6 Å². The molecule has 0 aromatic heterocycles. The average Bonchev–Trinajstić information content (AvgIpc) is 2.93. The van der Waals surface area contributed by atoms with E-state index in [1.54, 1.807) is 12.1 Å². The molecule has 0 aliphatic heterocycles. The molecule has 2 amide bonds. The van der Waals surface area contributed by atoms with Crippen molar-refractivity contribution in [2.45, 2.75) is 72.5 Å². The molecule has 2 rings (SSSR count). The lowest BCUT2D eigenvalue weighted by Crippen LogP contribution is -2.35. The summed E-state index contributed by atoms with van der Waals surface area (Å²) in [5.41, 5.74) is 0.607. The minimum Gasteiger partial charge on any atom is -0.351 e. The zero-order chi connectivity index (χ0) is 33.0. The molecule has 2 aromatic rings. The van der Waals surface area contributed by atoms with Crippen LogP contribution in [0.1, 0.15) is 87.2 Å². The molecule has 0 bridgehead atoms. The van der Waals surface area contributed by atoms with Gasteiger partial charge in [0.15, 0.2) is 6.29 Å². The lowest BCUT2D eigenvalue weighted by atomic mass is 9.86. The van der Waals surface area contributed by atoms with Gasteiger partial charge in [-0.25, -0.2) is 0 Å². The number of nitro groups is 2. The van der Waals surface area contributed by atoms with Gasteiger partial charge in [-0.15, -0.1) is 0 Å². The Bertz CT molecular complexity index is 1290. The van der Waals surface area contributed by atoms with Crippen LogP contribution in [0.4, 0.5) is 11.4 Å². The number of rotatable bonds is 12. The SMILES string of the molecule is CC(C)(C)c1ccc(C(=O)NCC=O)c([N+](=O)[O-])c1.CCOC(CNC(=O)c1ccc(C(C)(C)C)cc1[N+](=O)[O-])OCC. The van der Waals surface area contributed by atoms with E-state index in [1.807, 2.05) is 55.4 Å². The highest BCUT2D eigenvalue weighted by Crippen LogP contribution is 2.29. The highest BCUT2D eigenvalue weighted by atomic mass is 16.7. The average molecular weight is 603 g/mol. The number of carbonyl (C=O) groups is 3. The Morgan fingerprint density at radius 1 is 0.791 bits per heavy atom. The van der Waals surface area contributed by atoms with Crippen molar-refractivity contribution >= 4 is 29.5 Å². The first kappa shape index (κ1) is 36.8. The largest absolute Gasteiger partial charge is 0.351 e. The Kier molecular flexibility index (Phi) is 14.0. The van der Waals surface area contributed by atoms with Crippen molar-refractivity contribution in [1.82, 2.24) is 10.6 Å². The van der Waals surface area contributed by atoms with E-state index in [1.165, 1.54) is 24.3 Å². The lowest BCUT2D eigenvalue weighted by Gasteiger charge is -2.20. The van der Waals surface area contributed by atoms with E-state index in [4.69, 9.17) is 9.47 Å². The van der Waals surface area contributed by atoms with E-state index in [0.29, 0.717) is 19.5 Å². The van der Waals surface area contributed by atoms with Crippen LogP contribution in [-0.2, 0) is 25.1 Å². The van der Waals surface area contributed by atoms with Gasteiger partial charge in [0, 0.05) is 25.3 Å². The lowest BCUT2D eigenvalue weighted by molar-refractivity contribution is -0.385. The van der Waals surface area contributed by atoms with Crippen molar-refractivity contribution in [2.24, 2.45) is 0 Å². The number of nitro benzene ring substituents is 2. The van der Waals surface area contributed by atoms with Gasteiger partial charge in [-0.1, -0.05) is 53.7 Å². The molecule has 0 saturated heterocycles. The van der Waals surface area contributed by atoms with E-state index in [9.17, 15) is 34.6 Å². The molecule has 0 unspecified atom stereocenters. The first-order valence-corrected chi connectivity index (χ1v) is 13.8. The van der Waals surface area contributed by atoms with Gasteiger partial charge in [0.1, 0.15) is 17.4 Å². The number of ether oxygens (including phenoxy) is 2. The molecular formula is C30H42N4O9. The Labute approximate surface area is 251 Å². The molecule has 0 spiro atoms. The number of benzene rings is 2. The zero-order valence-corrected chi connectivity index (χ0v) is 26.0. The van der Waals surface area contributed by atoms with E-state index in [0.717, 1.165) is 11.1 Å². The number of amides is 2. The van der Waals surface area contributed by atoms with Crippen LogP contribution in [0.3, 0.4) is 0 Å². The van der Waals surface area contributed by atoms with Crippen LogP contribution in [0.5, 0.6) is 0 Å². The predicted molar refractivity (Wildman–Crippen MR) is 161 cm³/mol. The summed E-state index contributed by atoms with van der Waals surface area (Å²) in [6.07, 6.45) is -0.0513. The maximum atomic E-state index is 12.3. The Morgan fingerprint density at radius 2 is 1.19 bits per heavy atom. The smallest absolute Gasteiger partial charge is 0.282 e. The summed E-state index contributed by atoms with van der Waals surface area (Å²) in [6, 6.07) is 9.18. The Hall–Kier alpha value is -4.23. The first-order valence-electron chi connectivity index (χ1n) is 13.8. The number of nitrogens with one attached hydrogen (secondary N) is 2. The highest BCUT2D eigenvalue weighted by molar-refractivity contribution is 5.99. The van der Waals surface area contributed by atoms with Crippen LogP contribution in [0.15, 0.2) is 36.4 Å². The number of carbonyl (C=O) groups excluding carboxylic acids is 3. The van der Waals surface area contributed by atoms with Crippen molar-refractivity contribution in [2.75, 3.05) is 26.3 Å². The zero-order valence-electron chi connectivity index (χ0n) is 26.0. The highest BCUT2D eigenvalue weighted by Gasteiger charge is 2.26. The molecule has 0 radical (unpaired) electrons.